The summed E-state index contributed by atoms with van der Waals surface area (Å²) in [6.45, 7) is 5.13. The van der Waals surface area contributed by atoms with Gasteiger partial charge in [0, 0.05) is 6.42 Å². The van der Waals surface area contributed by atoms with Gasteiger partial charge in [-0.05, 0) is 24.8 Å². The Hall–Kier alpha value is -2.45. The summed E-state index contributed by atoms with van der Waals surface area (Å²) in [5.74, 6) is -2.36. The van der Waals surface area contributed by atoms with Crippen molar-refractivity contribution < 1.29 is 24.6 Å². The van der Waals surface area contributed by atoms with Crippen molar-refractivity contribution in [2.24, 2.45) is 11.7 Å². The van der Waals surface area contributed by atoms with Crippen LogP contribution in [0, 0.1) is 5.92 Å². The zero-order valence-electron chi connectivity index (χ0n) is 15.9. The SMILES string of the molecule is CC(C)C[C@@H](NC(=O)[C@H](N)[C@H](C)O)C(=O)N[C@@H](Cc1ccccc1)C(=O)O. The second-order valence-electron chi connectivity index (χ2n) is 7.05. The molecule has 1 rings (SSSR count). The Morgan fingerprint density at radius 3 is 2.04 bits per heavy atom. The van der Waals surface area contributed by atoms with Crippen molar-refractivity contribution in [2.45, 2.75) is 57.8 Å². The Balaban J connectivity index is 2.85. The Labute approximate surface area is 159 Å². The van der Waals surface area contributed by atoms with Gasteiger partial charge >= 0.3 is 5.97 Å². The molecule has 0 aliphatic carbocycles. The summed E-state index contributed by atoms with van der Waals surface area (Å²) in [4.78, 5) is 36.3. The molecule has 1 aromatic carbocycles. The zero-order chi connectivity index (χ0) is 20.6. The van der Waals surface area contributed by atoms with Gasteiger partial charge in [-0.2, -0.15) is 0 Å². The molecule has 0 aliphatic rings. The van der Waals surface area contributed by atoms with Crippen LogP contribution in [0.3, 0.4) is 0 Å². The molecular weight excluding hydrogens is 350 g/mol. The number of carbonyl (C=O) groups excluding carboxylic acids is 2. The first-order valence-electron chi connectivity index (χ1n) is 8.93. The van der Waals surface area contributed by atoms with Crippen LogP contribution in [0.25, 0.3) is 0 Å². The Morgan fingerprint density at radius 2 is 1.56 bits per heavy atom. The first-order chi connectivity index (χ1) is 12.6. The van der Waals surface area contributed by atoms with Crippen molar-refractivity contribution in [3.63, 3.8) is 0 Å². The summed E-state index contributed by atoms with van der Waals surface area (Å²) in [6, 6.07) is 5.69. The molecule has 4 atom stereocenters. The van der Waals surface area contributed by atoms with E-state index in [1.165, 1.54) is 6.92 Å². The zero-order valence-corrected chi connectivity index (χ0v) is 15.9. The Morgan fingerprint density at radius 1 is 1.00 bits per heavy atom. The van der Waals surface area contributed by atoms with Gasteiger partial charge in [-0.3, -0.25) is 9.59 Å². The van der Waals surface area contributed by atoms with E-state index < -0.39 is 42.0 Å². The molecule has 150 valence electrons. The van der Waals surface area contributed by atoms with E-state index in [4.69, 9.17) is 5.73 Å². The lowest BCUT2D eigenvalue weighted by Gasteiger charge is -2.24. The van der Waals surface area contributed by atoms with E-state index in [-0.39, 0.29) is 12.3 Å². The molecule has 0 saturated heterocycles. The van der Waals surface area contributed by atoms with Crippen LogP contribution in [0.15, 0.2) is 30.3 Å². The van der Waals surface area contributed by atoms with Crippen molar-refractivity contribution in [1.29, 1.82) is 0 Å². The van der Waals surface area contributed by atoms with Gasteiger partial charge in [0.05, 0.1) is 6.10 Å². The van der Waals surface area contributed by atoms with Crippen molar-refractivity contribution in [2.75, 3.05) is 0 Å². The van der Waals surface area contributed by atoms with E-state index in [1.54, 1.807) is 24.3 Å². The molecule has 0 aliphatic heterocycles. The maximum Gasteiger partial charge on any atom is 0.326 e. The third kappa shape index (κ3) is 7.76. The molecule has 8 heteroatoms. The van der Waals surface area contributed by atoms with Crippen LogP contribution in [0.2, 0.25) is 0 Å². The molecule has 0 radical (unpaired) electrons. The molecule has 8 nitrogen and oxygen atoms in total. The number of aliphatic hydroxyl groups excluding tert-OH is 1. The van der Waals surface area contributed by atoms with Crippen molar-refractivity contribution >= 4 is 17.8 Å². The lowest BCUT2D eigenvalue weighted by molar-refractivity contribution is -0.142. The lowest BCUT2D eigenvalue weighted by Crippen LogP contribution is -2.56. The van der Waals surface area contributed by atoms with Crippen LogP contribution in [-0.2, 0) is 20.8 Å². The monoisotopic (exact) mass is 379 g/mol. The summed E-state index contributed by atoms with van der Waals surface area (Å²) >= 11 is 0. The van der Waals surface area contributed by atoms with Crippen molar-refractivity contribution in [1.82, 2.24) is 10.6 Å². The highest BCUT2D eigenvalue weighted by Gasteiger charge is 2.29. The number of aliphatic hydroxyl groups is 1. The molecule has 2 amide bonds. The molecule has 0 spiro atoms. The first-order valence-corrected chi connectivity index (χ1v) is 8.93. The fourth-order valence-corrected chi connectivity index (χ4v) is 2.51. The highest BCUT2D eigenvalue weighted by atomic mass is 16.4. The molecule has 0 fully saturated rings. The summed E-state index contributed by atoms with van der Waals surface area (Å²) < 4.78 is 0. The quantitative estimate of drug-likeness (QED) is 0.388. The van der Waals surface area contributed by atoms with E-state index >= 15 is 0 Å². The second kappa shape index (κ2) is 10.6. The van der Waals surface area contributed by atoms with Crippen LogP contribution in [-0.4, -0.2) is 52.2 Å². The number of benzene rings is 1. The third-order valence-electron chi connectivity index (χ3n) is 4.06. The van der Waals surface area contributed by atoms with Crippen LogP contribution in [0.5, 0.6) is 0 Å². The normalized spacial score (nSPS) is 15.5. The highest BCUT2D eigenvalue weighted by molar-refractivity contribution is 5.92. The van der Waals surface area contributed by atoms with E-state index in [1.807, 2.05) is 19.9 Å². The van der Waals surface area contributed by atoms with Gasteiger partial charge in [-0.15, -0.1) is 0 Å². The summed E-state index contributed by atoms with van der Waals surface area (Å²) in [5, 5.41) is 23.9. The number of carbonyl (C=O) groups is 3. The van der Waals surface area contributed by atoms with Gasteiger partial charge in [-0.1, -0.05) is 44.2 Å². The average molecular weight is 379 g/mol. The molecule has 1 aromatic rings. The van der Waals surface area contributed by atoms with Crippen LogP contribution >= 0.6 is 0 Å². The predicted octanol–water partition coefficient (Wildman–Crippen LogP) is 0.0375. The number of rotatable bonds is 10. The van der Waals surface area contributed by atoms with Gasteiger partial charge in [0.15, 0.2) is 0 Å². The molecule has 6 N–H and O–H groups in total. The van der Waals surface area contributed by atoms with Gasteiger partial charge in [0.25, 0.3) is 0 Å². The molecule has 27 heavy (non-hydrogen) atoms. The standard InChI is InChI=1S/C19H29N3O5/c1-11(2)9-14(21-18(25)16(20)12(3)23)17(24)22-15(19(26)27)10-13-7-5-4-6-8-13/h4-8,11-12,14-16,23H,9-10,20H2,1-3H3,(H,21,25)(H,22,24)(H,26,27)/t12-,14+,15-,16+/m0/s1. The summed E-state index contributed by atoms with van der Waals surface area (Å²) in [7, 11) is 0. The molecule has 0 bridgehead atoms. The molecule has 0 heterocycles. The Kier molecular flexibility index (Phi) is 8.90. The van der Waals surface area contributed by atoms with Crippen molar-refractivity contribution in [3.05, 3.63) is 35.9 Å². The highest BCUT2D eigenvalue weighted by Crippen LogP contribution is 2.08. The molecular formula is C19H29N3O5. The molecule has 0 unspecified atom stereocenters. The third-order valence-corrected chi connectivity index (χ3v) is 4.06. The number of hydrogen-bond acceptors (Lipinski definition) is 5. The van der Waals surface area contributed by atoms with Crippen LogP contribution < -0.4 is 16.4 Å². The van der Waals surface area contributed by atoms with E-state index in [2.05, 4.69) is 10.6 Å². The lowest BCUT2D eigenvalue weighted by atomic mass is 10.0. The minimum Gasteiger partial charge on any atom is -0.480 e. The molecule has 0 saturated carbocycles. The number of hydrogen-bond donors (Lipinski definition) is 5. The topological polar surface area (TPSA) is 142 Å². The van der Waals surface area contributed by atoms with Gasteiger partial charge < -0.3 is 26.6 Å². The predicted molar refractivity (Wildman–Crippen MR) is 101 cm³/mol. The average Bonchev–Trinajstić information content (AvgIpc) is 2.59. The smallest absolute Gasteiger partial charge is 0.326 e. The minimum atomic E-state index is -1.17. The maximum absolute atomic E-state index is 12.6. The van der Waals surface area contributed by atoms with Gasteiger partial charge in [0.2, 0.25) is 11.8 Å². The molecule has 0 aromatic heterocycles. The van der Waals surface area contributed by atoms with Gasteiger partial charge in [0.1, 0.15) is 18.1 Å². The summed E-state index contributed by atoms with van der Waals surface area (Å²) in [5.41, 5.74) is 6.37. The number of carboxylic acids is 1. The second-order valence-corrected chi connectivity index (χ2v) is 7.05. The summed E-state index contributed by atoms with van der Waals surface area (Å²) in [6.07, 6.45) is -0.642. The number of aliphatic carboxylic acids is 1. The van der Waals surface area contributed by atoms with E-state index in [9.17, 15) is 24.6 Å². The van der Waals surface area contributed by atoms with E-state index in [0.717, 1.165) is 5.56 Å². The van der Waals surface area contributed by atoms with Crippen LogP contribution in [0.1, 0.15) is 32.8 Å². The van der Waals surface area contributed by atoms with E-state index in [0.29, 0.717) is 6.42 Å². The fraction of sp³-hybridized carbons (Fsp3) is 0.526. The minimum absolute atomic E-state index is 0.0706. The first kappa shape index (κ1) is 22.6. The van der Waals surface area contributed by atoms with Gasteiger partial charge in [-0.25, -0.2) is 4.79 Å². The number of nitrogens with two attached hydrogens (primary N) is 1. The van der Waals surface area contributed by atoms with Crippen LogP contribution in [0.4, 0.5) is 0 Å². The Bertz CT molecular complexity index is 633. The number of nitrogens with one attached hydrogen (secondary N) is 2. The van der Waals surface area contributed by atoms with Crippen molar-refractivity contribution in [3.8, 4) is 0 Å². The number of carboxylic acid groups (broad SMARTS) is 1. The number of amides is 2. The fourth-order valence-electron chi connectivity index (χ4n) is 2.51. The maximum atomic E-state index is 12.6. The largest absolute Gasteiger partial charge is 0.480 e.